The lowest BCUT2D eigenvalue weighted by Gasteiger charge is -2.25. The van der Waals surface area contributed by atoms with Crippen molar-refractivity contribution in [1.29, 1.82) is 0 Å². The van der Waals surface area contributed by atoms with E-state index in [4.69, 9.17) is 4.74 Å². The second-order valence-corrected chi connectivity index (χ2v) is 6.36. The smallest absolute Gasteiger partial charge is 0.223 e. The van der Waals surface area contributed by atoms with Crippen LogP contribution in [0.2, 0.25) is 0 Å². The van der Waals surface area contributed by atoms with Crippen LogP contribution >= 0.6 is 0 Å². The first-order chi connectivity index (χ1) is 10.4. The Morgan fingerprint density at radius 1 is 1.05 bits per heavy atom. The Bertz CT molecular complexity index is 447. The maximum Gasteiger partial charge on any atom is 0.223 e. The van der Waals surface area contributed by atoms with Gasteiger partial charge in [-0.1, -0.05) is 26.0 Å². The first-order valence-electron chi connectivity index (χ1n) is 8.43. The van der Waals surface area contributed by atoms with E-state index in [1.54, 1.807) is 0 Å². The van der Waals surface area contributed by atoms with Gasteiger partial charge in [-0.2, -0.15) is 0 Å². The highest BCUT2D eigenvalue weighted by atomic mass is 16.5. The van der Waals surface area contributed by atoms with E-state index >= 15 is 0 Å². The number of carbonyl (C=O) groups is 1. The van der Waals surface area contributed by atoms with Crippen LogP contribution in [-0.4, -0.2) is 30.0 Å². The summed E-state index contributed by atoms with van der Waals surface area (Å²) >= 11 is 0. The molecule has 1 amide bonds. The Labute approximate surface area is 135 Å². The van der Waals surface area contributed by atoms with Crippen molar-refractivity contribution in [3.05, 3.63) is 29.8 Å². The molecule has 124 valence electrons. The lowest BCUT2D eigenvalue weighted by atomic mass is 9.85. The monoisotopic (exact) mass is 305 g/mol. The quantitative estimate of drug-likeness (QED) is 0.709. The lowest BCUT2D eigenvalue weighted by Crippen LogP contribution is -2.32. The van der Waals surface area contributed by atoms with Crippen LogP contribution in [0.4, 0.5) is 0 Å². The number of amides is 1. The molecule has 1 aromatic rings. The third-order valence-corrected chi connectivity index (χ3v) is 4.00. The van der Waals surface area contributed by atoms with Gasteiger partial charge in [0.1, 0.15) is 5.75 Å². The molecule has 0 saturated carbocycles. The van der Waals surface area contributed by atoms with Crippen molar-refractivity contribution in [2.75, 3.05) is 13.1 Å². The molecule has 0 saturated heterocycles. The lowest BCUT2D eigenvalue weighted by molar-refractivity contribution is -0.131. The zero-order chi connectivity index (χ0) is 16.7. The largest absolute Gasteiger partial charge is 0.491 e. The van der Waals surface area contributed by atoms with E-state index < -0.39 is 0 Å². The zero-order valence-electron chi connectivity index (χ0n) is 14.9. The van der Waals surface area contributed by atoms with Gasteiger partial charge in [-0.3, -0.25) is 4.79 Å². The molecular weight excluding hydrogens is 274 g/mol. The molecule has 3 heteroatoms. The van der Waals surface area contributed by atoms with Crippen molar-refractivity contribution in [2.24, 2.45) is 5.92 Å². The Morgan fingerprint density at radius 3 is 2.00 bits per heavy atom. The summed E-state index contributed by atoms with van der Waals surface area (Å²) in [5.41, 5.74) is 1.21. The van der Waals surface area contributed by atoms with Gasteiger partial charge in [-0.05, 0) is 57.2 Å². The van der Waals surface area contributed by atoms with E-state index in [0.717, 1.165) is 18.8 Å². The summed E-state index contributed by atoms with van der Waals surface area (Å²) in [6, 6.07) is 8.20. The number of hydrogen-bond acceptors (Lipinski definition) is 2. The van der Waals surface area contributed by atoms with Crippen molar-refractivity contribution in [3.8, 4) is 5.75 Å². The highest BCUT2D eigenvalue weighted by Gasteiger charge is 2.22. The fourth-order valence-corrected chi connectivity index (χ4v) is 2.70. The number of benzene rings is 1. The van der Waals surface area contributed by atoms with Gasteiger partial charge in [0, 0.05) is 19.5 Å². The summed E-state index contributed by atoms with van der Waals surface area (Å²) < 4.78 is 5.69. The third kappa shape index (κ3) is 5.36. The van der Waals surface area contributed by atoms with E-state index in [-0.39, 0.29) is 17.9 Å². The van der Waals surface area contributed by atoms with Crippen LogP contribution in [0.5, 0.6) is 5.75 Å². The maximum absolute atomic E-state index is 12.4. The molecule has 0 N–H and O–H groups in total. The molecule has 1 unspecified atom stereocenters. The van der Waals surface area contributed by atoms with Gasteiger partial charge in [-0.15, -0.1) is 0 Å². The molecule has 1 rings (SSSR count). The van der Waals surface area contributed by atoms with Gasteiger partial charge in [0.2, 0.25) is 5.91 Å². The summed E-state index contributed by atoms with van der Waals surface area (Å²) in [6.45, 7) is 14.0. The Balaban J connectivity index is 2.85. The zero-order valence-corrected chi connectivity index (χ0v) is 14.9. The van der Waals surface area contributed by atoms with Crippen LogP contribution in [0.1, 0.15) is 59.4 Å². The Morgan fingerprint density at radius 2 is 1.59 bits per heavy atom. The first-order valence-corrected chi connectivity index (χ1v) is 8.43. The minimum absolute atomic E-state index is 0.177. The molecule has 0 aliphatic heterocycles. The van der Waals surface area contributed by atoms with Crippen molar-refractivity contribution >= 4 is 5.91 Å². The van der Waals surface area contributed by atoms with Gasteiger partial charge in [0.15, 0.2) is 0 Å². The van der Waals surface area contributed by atoms with Gasteiger partial charge in [0.05, 0.1) is 6.10 Å². The standard InChI is InChI=1S/C19H31NO2/c1-7-20(8-2)19(21)13-18(14(3)4)16-9-11-17(12-10-16)22-15(5)6/h9-12,14-15,18H,7-8,13H2,1-6H3. The maximum atomic E-state index is 12.4. The highest BCUT2D eigenvalue weighted by molar-refractivity contribution is 5.77. The van der Waals surface area contributed by atoms with Gasteiger partial charge >= 0.3 is 0 Å². The van der Waals surface area contributed by atoms with Crippen molar-refractivity contribution in [3.63, 3.8) is 0 Å². The summed E-state index contributed by atoms with van der Waals surface area (Å²) in [4.78, 5) is 14.3. The summed E-state index contributed by atoms with van der Waals surface area (Å²) in [7, 11) is 0. The SMILES string of the molecule is CCN(CC)C(=O)CC(c1ccc(OC(C)C)cc1)C(C)C. The van der Waals surface area contributed by atoms with Crippen molar-refractivity contribution in [1.82, 2.24) is 4.90 Å². The molecule has 0 aromatic heterocycles. The van der Waals surface area contributed by atoms with Crippen LogP contribution in [0.25, 0.3) is 0 Å². The van der Waals surface area contributed by atoms with Crippen LogP contribution in [0, 0.1) is 5.92 Å². The highest BCUT2D eigenvalue weighted by Crippen LogP contribution is 2.30. The molecule has 0 heterocycles. The molecule has 1 atom stereocenters. The van der Waals surface area contributed by atoms with Crippen molar-refractivity contribution < 1.29 is 9.53 Å². The molecule has 0 bridgehead atoms. The fourth-order valence-electron chi connectivity index (χ4n) is 2.70. The van der Waals surface area contributed by atoms with Crippen LogP contribution in [0.3, 0.4) is 0 Å². The molecule has 0 spiro atoms. The minimum Gasteiger partial charge on any atom is -0.491 e. The van der Waals surface area contributed by atoms with Crippen molar-refractivity contribution in [2.45, 2.75) is 60.0 Å². The fraction of sp³-hybridized carbons (Fsp3) is 0.632. The summed E-state index contributed by atoms with van der Waals surface area (Å²) in [6.07, 6.45) is 0.750. The molecule has 0 aliphatic rings. The van der Waals surface area contributed by atoms with E-state index in [2.05, 4.69) is 26.0 Å². The second kappa shape index (κ2) is 8.82. The molecule has 0 aliphatic carbocycles. The van der Waals surface area contributed by atoms with Crippen LogP contribution in [-0.2, 0) is 4.79 Å². The topological polar surface area (TPSA) is 29.5 Å². The molecular formula is C19H31NO2. The molecule has 22 heavy (non-hydrogen) atoms. The Kier molecular flexibility index (Phi) is 7.43. The minimum atomic E-state index is 0.177. The van der Waals surface area contributed by atoms with Gasteiger partial charge in [-0.25, -0.2) is 0 Å². The number of hydrogen-bond donors (Lipinski definition) is 0. The number of nitrogens with zero attached hydrogens (tertiary/aromatic N) is 1. The summed E-state index contributed by atoms with van der Waals surface area (Å²) in [5, 5.41) is 0. The van der Waals surface area contributed by atoms with E-state index in [1.807, 2.05) is 44.7 Å². The average Bonchev–Trinajstić information content (AvgIpc) is 2.46. The van der Waals surface area contributed by atoms with Crippen LogP contribution in [0.15, 0.2) is 24.3 Å². The van der Waals surface area contributed by atoms with E-state index in [0.29, 0.717) is 12.3 Å². The number of ether oxygens (including phenoxy) is 1. The molecule has 3 nitrogen and oxygen atoms in total. The molecule has 0 radical (unpaired) electrons. The number of rotatable bonds is 8. The van der Waals surface area contributed by atoms with E-state index in [1.165, 1.54) is 5.56 Å². The van der Waals surface area contributed by atoms with Gasteiger partial charge < -0.3 is 9.64 Å². The van der Waals surface area contributed by atoms with Gasteiger partial charge in [0.25, 0.3) is 0 Å². The normalized spacial score (nSPS) is 12.5. The second-order valence-electron chi connectivity index (χ2n) is 6.36. The average molecular weight is 305 g/mol. The third-order valence-electron chi connectivity index (χ3n) is 4.00. The Hall–Kier alpha value is -1.51. The number of carbonyl (C=O) groups excluding carboxylic acids is 1. The predicted octanol–water partition coefficient (Wildman–Crippen LogP) is 4.47. The van der Waals surface area contributed by atoms with E-state index in [9.17, 15) is 4.79 Å². The summed E-state index contributed by atoms with van der Waals surface area (Å²) in [5.74, 6) is 1.81. The predicted molar refractivity (Wildman–Crippen MR) is 92.3 cm³/mol. The molecule has 0 fully saturated rings. The molecule has 1 aromatic carbocycles. The van der Waals surface area contributed by atoms with Crippen LogP contribution < -0.4 is 4.74 Å². The first kappa shape index (κ1) is 18.5.